The maximum atomic E-state index is 12.7. The third-order valence-corrected chi connectivity index (χ3v) is 10.1. The van der Waals surface area contributed by atoms with Gasteiger partial charge in [0.2, 0.25) is 0 Å². The molecule has 0 heterocycles. The Balaban J connectivity index is 4.44. The highest BCUT2D eigenvalue weighted by Gasteiger charge is 2.26. The van der Waals surface area contributed by atoms with Gasteiger partial charge in [0.05, 0.1) is 34.4 Å². The van der Waals surface area contributed by atoms with E-state index in [0.717, 1.165) is 103 Å². The molecule has 0 saturated carbocycles. The van der Waals surface area contributed by atoms with Crippen LogP contribution in [0.4, 0.5) is 0 Å². The predicted octanol–water partition coefficient (Wildman–Crippen LogP) is 15.0. The predicted molar refractivity (Wildman–Crippen MR) is 279 cm³/mol. The minimum Gasteiger partial charge on any atom is -0.457 e. The molecule has 0 fully saturated rings. The minimum absolute atomic E-state index is 0.0556. The van der Waals surface area contributed by atoms with Crippen molar-refractivity contribution in [1.29, 1.82) is 0 Å². The normalized spacial score (nSPS) is 15.0. The van der Waals surface area contributed by atoms with E-state index in [1.165, 1.54) is 0 Å². The van der Waals surface area contributed by atoms with Crippen LogP contribution in [0.25, 0.3) is 0 Å². The van der Waals surface area contributed by atoms with E-state index in [1.54, 1.807) is 0 Å². The van der Waals surface area contributed by atoms with Crippen LogP contribution in [0.2, 0.25) is 0 Å². The van der Waals surface area contributed by atoms with Gasteiger partial charge in [-0.15, -0.1) is 0 Å². The van der Waals surface area contributed by atoms with E-state index in [1.807, 2.05) is 33.3 Å². The number of hydrogen-bond donors (Lipinski definition) is 1. The van der Waals surface area contributed by atoms with Crippen molar-refractivity contribution in [3.05, 3.63) is 158 Å². The average molecular weight is 919 g/mol. The minimum atomic E-state index is -4.33. The van der Waals surface area contributed by atoms with Crippen LogP contribution in [0.3, 0.4) is 0 Å². The second-order valence-electron chi connectivity index (χ2n) is 16.4. The van der Waals surface area contributed by atoms with Crippen LogP contribution in [-0.2, 0) is 27.9 Å². The summed E-state index contributed by atoms with van der Waals surface area (Å²) in [5, 5.41) is 0. The highest BCUT2D eigenvalue weighted by molar-refractivity contribution is 7.47. The Morgan fingerprint density at radius 1 is 0.477 bits per heavy atom. The Bertz CT molecular complexity index is 1580. The molecule has 0 rings (SSSR count). The van der Waals surface area contributed by atoms with Crippen LogP contribution in [0.1, 0.15) is 129 Å². The summed E-state index contributed by atoms with van der Waals surface area (Å²) in [6.45, 7) is 5.11. The van der Waals surface area contributed by atoms with Gasteiger partial charge in [0, 0.05) is 13.0 Å². The molecule has 0 bridgehead atoms. The molecule has 1 N–H and O–H groups in total. The number of hydrogen-bond acceptors (Lipinski definition) is 6. The van der Waals surface area contributed by atoms with Gasteiger partial charge >= 0.3 is 13.8 Å². The summed E-state index contributed by atoms with van der Waals surface area (Å²) in [7, 11) is 1.56. The zero-order valence-electron chi connectivity index (χ0n) is 41.1. The zero-order valence-corrected chi connectivity index (χ0v) is 42.0. The third-order valence-electron chi connectivity index (χ3n) is 9.10. The molecule has 8 nitrogen and oxygen atoms in total. The van der Waals surface area contributed by atoms with Crippen molar-refractivity contribution in [2.45, 2.75) is 136 Å². The lowest BCUT2D eigenvalue weighted by atomic mass is 10.2. The number of unbranched alkanes of at least 4 members (excludes halogenated alkanes) is 2. The first-order valence-corrected chi connectivity index (χ1v) is 25.7. The molecule has 2 unspecified atom stereocenters. The molecule has 0 aliphatic rings. The Kier molecular flexibility index (Phi) is 43.9. The number of ether oxygens (including phenoxy) is 2. The first-order chi connectivity index (χ1) is 31.6. The monoisotopic (exact) mass is 919 g/mol. The van der Waals surface area contributed by atoms with Gasteiger partial charge in [0.1, 0.15) is 19.3 Å². The number of quaternary nitrogens is 1. The molecule has 0 aromatic carbocycles. The van der Waals surface area contributed by atoms with Crippen molar-refractivity contribution in [1.82, 2.24) is 0 Å². The summed E-state index contributed by atoms with van der Waals surface area (Å²) >= 11 is 0. The fraction of sp³-hybridized carbons (Fsp3) is 0.518. The molecule has 0 aromatic heterocycles. The fourth-order valence-electron chi connectivity index (χ4n) is 5.44. The summed E-state index contributed by atoms with van der Waals surface area (Å²) < 4.78 is 34.9. The topological polar surface area (TPSA) is 91.3 Å². The summed E-state index contributed by atoms with van der Waals surface area (Å²) in [6.07, 6.45) is 71.7. The average Bonchev–Trinajstić information content (AvgIpc) is 3.27. The molecule has 0 aliphatic heterocycles. The first-order valence-electron chi connectivity index (χ1n) is 24.2. The number of nitrogens with zero attached hydrogens (tertiary/aromatic N) is 1. The SMILES string of the molecule is CC/C=C\C/C=C\C/C=C\C/C=C\C/C=C\C/C=C\C/C=C\CCCCOCC(COP(=O)(O)OCC[N+](C)(C)C)OC(=O)CC/C=C\C/C=C\C/C=C\C/C=C\C/C=C\C/C=C\CC. The highest BCUT2D eigenvalue weighted by atomic mass is 31.2. The molecule has 2 atom stereocenters. The Labute approximate surface area is 397 Å². The molecular formula is C56H89NO7P+. The van der Waals surface area contributed by atoms with Crippen molar-refractivity contribution in [3.8, 4) is 0 Å². The van der Waals surface area contributed by atoms with Crippen LogP contribution >= 0.6 is 7.82 Å². The fourth-order valence-corrected chi connectivity index (χ4v) is 6.18. The number of carbonyl (C=O) groups excluding carboxylic acids is 1. The molecule has 0 aromatic rings. The van der Waals surface area contributed by atoms with Gasteiger partial charge in [-0.2, -0.15) is 0 Å². The lowest BCUT2D eigenvalue weighted by Crippen LogP contribution is -2.37. The van der Waals surface area contributed by atoms with Gasteiger partial charge in [-0.05, 0) is 109 Å². The van der Waals surface area contributed by atoms with E-state index in [9.17, 15) is 14.3 Å². The summed E-state index contributed by atoms with van der Waals surface area (Å²) in [6, 6.07) is 0. The van der Waals surface area contributed by atoms with Gasteiger partial charge in [0.25, 0.3) is 0 Å². The maximum Gasteiger partial charge on any atom is 0.472 e. The number of phosphoric acid groups is 1. The molecule has 9 heteroatoms. The second-order valence-corrected chi connectivity index (χ2v) is 17.8. The van der Waals surface area contributed by atoms with Crippen LogP contribution in [-0.4, -0.2) is 75.6 Å². The van der Waals surface area contributed by atoms with E-state index in [-0.39, 0.29) is 26.2 Å². The zero-order chi connectivity index (χ0) is 47.6. The Hall–Kier alpha value is -3.88. The first kappa shape index (κ1) is 61.1. The van der Waals surface area contributed by atoms with Crippen LogP contribution < -0.4 is 0 Å². The van der Waals surface area contributed by atoms with Crippen LogP contribution in [0.15, 0.2) is 158 Å². The summed E-state index contributed by atoms with van der Waals surface area (Å²) in [5.74, 6) is -0.419. The molecule has 0 amide bonds. The number of carbonyl (C=O) groups is 1. The quantitative estimate of drug-likeness (QED) is 0.0214. The molecule has 65 heavy (non-hydrogen) atoms. The van der Waals surface area contributed by atoms with E-state index >= 15 is 0 Å². The molecular weight excluding hydrogens is 830 g/mol. The van der Waals surface area contributed by atoms with E-state index in [4.69, 9.17) is 18.5 Å². The maximum absolute atomic E-state index is 12.7. The third kappa shape index (κ3) is 51.0. The number of likely N-dealkylation sites (N-methyl/N-ethyl adjacent to an activating group) is 1. The molecule has 0 radical (unpaired) electrons. The van der Waals surface area contributed by atoms with Crippen molar-refractivity contribution < 1.29 is 37.3 Å². The second kappa shape index (κ2) is 46.6. The standard InChI is InChI=1S/C56H88NO7P/c1-6-8-10-12-14-16-18-20-22-24-26-27-28-29-30-32-34-36-38-40-42-44-46-48-51-61-53-55(54-63-65(59,60)62-52-50-57(3,4)5)64-56(58)49-47-45-43-41-39-37-35-33-31-25-23-21-19-17-15-13-11-9-7-2/h8-11,14-17,20-23,26-27,29-31,33-34,36-37,39-40,42-43,45,55H,6-7,12-13,18-19,24-25,28,32,35,38,41,44,46-54H2,1-5H3/p+1/b10-8-,11-9-,16-14-,17-15-,22-20-,23-21-,27-26-,30-29-,33-31-,36-34-,39-37-,42-40-,45-43-. The number of allylic oxidation sites excluding steroid dienone is 26. The largest absolute Gasteiger partial charge is 0.472 e. The molecule has 0 aliphatic carbocycles. The lowest BCUT2D eigenvalue weighted by Gasteiger charge is -2.24. The van der Waals surface area contributed by atoms with Crippen LogP contribution in [0.5, 0.6) is 0 Å². The Morgan fingerprint density at radius 3 is 1.20 bits per heavy atom. The van der Waals surface area contributed by atoms with Gasteiger partial charge < -0.3 is 18.9 Å². The van der Waals surface area contributed by atoms with E-state index in [2.05, 4.69) is 160 Å². The Morgan fingerprint density at radius 2 is 0.831 bits per heavy atom. The molecule has 364 valence electrons. The van der Waals surface area contributed by atoms with Gasteiger partial charge in [0.15, 0.2) is 0 Å². The summed E-state index contributed by atoms with van der Waals surface area (Å²) in [5.41, 5.74) is 0. The van der Waals surface area contributed by atoms with E-state index in [0.29, 0.717) is 24.1 Å². The van der Waals surface area contributed by atoms with E-state index < -0.39 is 19.9 Å². The van der Waals surface area contributed by atoms with Gasteiger partial charge in [-0.3, -0.25) is 13.8 Å². The highest BCUT2D eigenvalue weighted by Crippen LogP contribution is 2.43. The number of phosphoric ester groups is 1. The van der Waals surface area contributed by atoms with Crippen molar-refractivity contribution in [3.63, 3.8) is 0 Å². The number of rotatable bonds is 42. The number of esters is 1. The van der Waals surface area contributed by atoms with Gasteiger partial charge in [-0.25, -0.2) is 4.57 Å². The molecule has 0 spiro atoms. The van der Waals surface area contributed by atoms with Gasteiger partial charge in [-0.1, -0.05) is 172 Å². The van der Waals surface area contributed by atoms with Crippen molar-refractivity contribution >= 4 is 13.8 Å². The van der Waals surface area contributed by atoms with Crippen molar-refractivity contribution in [2.24, 2.45) is 0 Å². The summed E-state index contributed by atoms with van der Waals surface area (Å²) in [4.78, 5) is 22.9. The molecule has 0 saturated heterocycles. The smallest absolute Gasteiger partial charge is 0.457 e. The van der Waals surface area contributed by atoms with Crippen molar-refractivity contribution in [2.75, 3.05) is 54.1 Å². The van der Waals surface area contributed by atoms with Crippen LogP contribution in [0, 0.1) is 0 Å². The lowest BCUT2D eigenvalue weighted by molar-refractivity contribution is -0.870.